The molecule has 1 amide bonds. The summed E-state index contributed by atoms with van der Waals surface area (Å²) in [7, 11) is 0. The summed E-state index contributed by atoms with van der Waals surface area (Å²) in [6.45, 7) is 1.68. The maximum atomic E-state index is 11.7. The van der Waals surface area contributed by atoms with Gasteiger partial charge in [-0.15, -0.1) is 0 Å². The van der Waals surface area contributed by atoms with Crippen LogP contribution in [0, 0.1) is 5.92 Å². The monoisotopic (exact) mass is 253 g/mol. The van der Waals surface area contributed by atoms with E-state index in [1.165, 1.54) is 12.1 Å². The molecule has 1 atom stereocenters. The zero-order valence-corrected chi connectivity index (χ0v) is 9.88. The number of phenols is 2. The average Bonchev–Trinajstić information content (AvgIpc) is 2.32. The lowest BCUT2D eigenvalue weighted by molar-refractivity contribution is -0.141. The van der Waals surface area contributed by atoms with Gasteiger partial charge in [-0.2, -0.15) is 0 Å². The van der Waals surface area contributed by atoms with Crippen molar-refractivity contribution in [1.29, 1.82) is 0 Å². The maximum absolute atomic E-state index is 11.7. The Morgan fingerprint density at radius 1 is 1.33 bits per heavy atom. The zero-order valence-electron chi connectivity index (χ0n) is 9.88. The molecule has 1 rings (SSSR count). The molecule has 0 heterocycles. The van der Waals surface area contributed by atoms with Gasteiger partial charge in [0.25, 0.3) is 5.91 Å². The van der Waals surface area contributed by atoms with E-state index in [9.17, 15) is 19.8 Å². The van der Waals surface area contributed by atoms with E-state index in [-0.39, 0.29) is 23.6 Å². The fourth-order valence-corrected chi connectivity index (χ4v) is 1.42. The molecule has 0 aliphatic rings. The van der Waals surface area contributed by atoms with Gasteiger partial charge in [-0.1, -0.05) is 6.92 Å². The van der Waals surface area contributed by atoms with Gasteiger partial charge < -0.3 is 20.6 Å². The highest BCUT2D eigenvalue weighted by Crippen LogP contribution is 2.21. The van der Waals surface area contributed by atoms with Crippen LogP contribution in [0.1, 0.15) is 23.7 Å². The smallest absolute Gasteiger partial charge is 0.308 e. The fourth-order valence-electron chi connectivity index (χ4n) is 1.42. The molecule has 6 heteroatoms. The maximum Gasteiger partial charge on any atom is 0.308 e. The molecule has 6 nitrogen and oxygen atoms in total. The Labute approximate surface area is 104 Å². The van der Waals surface area contributed by atoms with Gasteiger partial charge >= 0.3 is 5.97 Å². The Bertz CT molecular complexity index is 458. The molecule has 0 saturated carbocycles. The average molecular weight is 253 g/mol. The Balaban J connectivity index is 2.71. The molecular weight excluding hydrogens is 238 g/mol. The summed E-state index contributed by atoms with van der Waals surface area (Å²) in [6.07, 6.45) is 0.391. The number of nitrogens with one attached hydrogen (secondary N) is 1. The predicted molar refractivity (Wildman–Crippen MR) is 63.5 cm³/mol. The molecule has 1 unspecified atom stereocenters. The van der Waals surface area contributed by atoms with Crippen LogP contribution in [0.25, 0.3) is 0 Å². The van der Waals surface area contributed by atoms with Crippen molar-refractivity contribution in [2.75, 3.05) is 6.54 Å². The lowest BCUT2D eigenvalue weighted by Crippen LogP contribution is -2.32. The SMILES string of the molecule is CCC(CNC(=O)c1cc(O)ccc1O)C(=O)O. The van der Waals surface area contributed by atoms with Crippen molar-refractivity contribution in [1.82, 2.24) is 5.32 Å². The zero-order chi connectivity index (χ0) is 13.7. The van der Waals surface area contributed by atoms with E-state index in [0.29, 0.717) is 6.42 Å². The van der Waals surface area contributed by atoms with Crippen molar-refractivity contribution in [2.45, 2.75) is 13.3 Å². The Morgan fingerprint density at radius 3 is 2.56 bits per heavy atom. The topological polar surface area (TPSA) is 107 Å². The number of benzene rings is 1. The number of hydrogen-bond donors (Lipinski definition) is 4. The van der Waals surface area contributed by atoms with Gasteiger partial charge in [-0.05, 0) is 24.6 Å². The van der Waals surface area contributed by atoms with Crippen LogP contribution in [0.5, 0.6) is 11.5 Å². The molecule has 0 bridgehead atoms. The number of aliphatic carboxylic acids is 1. The molecule has 0 fully saturated rings. The van der Waals surface area contributed by atoms with Crippen LogP contribution in [0.2, 0.25) is 0 Å². The largest absolute Gasteiger partial charge is 0.508 e. The van der Waals surface area contributed by atoms with Crippen molar-refractivity contribution in [3.63, 3.8) is 0 Å². The van der Waals surface area contributed by atoms with Crippen molar-refractivity contribution in [3.05, 3.63) is 23.8 Å². The third kappa shape index (κ3) is 3.38. The summed E-state index contributed by atoms with van der Waals surface area (Å²) in [4.78, 5) is 22.4. The molecule has 0 radical (unpaired) electrons. The highest BCUT2D eigenvalue weighted by Gasteiger charge is 2.18. The lowest BCUT2D eigenvalue weighted by Gasteiger charge is -2.11. The van der Waals surface area contributed by atoms with Gasteiger partial charge in [-0.25, -0.2) is 0 Å². The van der Waals surface area contributed by atoms with Crippen LogP contribution in [0.15, 0.2) is 18.2 Å². The third-order valence-electron chi connectivity index (χ3n) is 2.58. The van der Waals surface area contributed by atoms with E-state index >= 15 is 0 Å². The number of carboxylic acid groups (broad SMARTS) is 1. The van der Waals surface area contributed by atoms with Crippen molar-refractivity contribution in [2.24, 2.45) is 5.92 Å². The first-order valence-electron chi connectivity index (χ1n) is 5.48. The summed E-state index contributed by atoms with van der Waals surface area (Å²) in [5, 5.41) is 29.9. The van der Waals surface area contributed by atoms with Crippen LogP contribution >= 0.6 is 0 Å². The van der Waals surface area contributed by atoms with E-state index in [1.54, 1.807) is 6.92 Å². The Hall–Kier alpha value is -2.24. The highest BCUT2D eigenvalue weighted by atomic mass is 16.4. The number of amides is 1. The van der Waals surface area contributed by atoms with Crippen molar-refractivity contribution >= 4 is 11.9 Å². The molecule has 4 N–H and O–H groups in total. The highest BCUT2D eigenvalue weighted by molar-refractivity contribution is 5.97. The quantitative estimate of drug-likeness (QED) is 0.584. The summed E-state index contributed by atoms with van der Waals surface area (Å²) >= 11 is 0. The van der Waals surface area contributed by atoms with Crippen LogP contribution in [0.4, 0.5) is 0 Å². The van der Waals surface area contributed by atoms with Crippen LogP contribution in [-0.4, -0.2) is 33.7 Å². The molecule has 1 aromatic carbocycles. The standard InChI is InChI=1S/C12H15NO5/c1-2-7(12(17)18)6-13-11(16)9-5-8(14)3-4-10(9)15/h3-5,7,14-15H,2,6H2,1H3,(H,13,16)(H,17,18). The number of aromatic hydroxyl groups is 2. The van der Waals surface area contributed by atoms with E-state index in [1.807, 2.05) is 0 Å². The van der Waals surface area contributed by atoms with Crippen LogP contribution < -0.4 is 5.32 Å². The van der Waals surface area contributed by atoms with Gasteiger partial charge in [0.05, 0.1) is 11.5 Å². The molecule has 0 aliphatic heterocycles. The molecule has 98 valence electrons. The van der Waals surface area contributed by atoms with Gasteiger partial charge in [-0.3, -0.25) is 9.59 Å². The summed E-state index contributed by atoms with van der Waals surface area (Å²) in [5.74, 6) is -2.70. The van der Waals surface area contributed by atoms with Crippen molar-refractivity contribution < 1.29 is 24.9 Å². The molecule has 1 aromatic rings. The second kappa shape index (κ2) is 5.90. The second-order valence-electron chi connectivity index (χ2n) is 3.85. The number of carbonyl (C=O) groups excluding carboxylic acids is 1. The number of hydrogen-bond acceptors (Lipinski definition) is 4. The van der Waals surface area contributed by atoms with Gasteiger partial charge in [0.2, 0.25) is 0 Å². The van der Waals surface area contributed by atoms with E-state index in [2.05, 4.69) is 5.32 Å². The Morgan fingerprint density at radius 2 is 2.00 bits per heavy atom. The minimum absolute atomic E-state index is 0.0280. The van der Waals surface area contributed by atoms with E-state index in [4.69, 9.17) is 5.11 Å². The Kier molecular flexibility index (Phi) is 4.53. The first-order chi connectivity index (χ1) is 8.45. The first-order valence-corrected chi connectivity index (χ1v) is 5.48. The third-order valence-corrected chi connectivity index (χ3v) is 2.58. The molecule has 0 aromatic heterocycles. The molecule has 0 spiro atoms. The first kappa shape index (κ1) is 13.8. The molecule has 18 heavy (non-hydrogen) atoms. The van der Waals surface area contributed by atoms with Gasteiger partial charge in [0.15, 0.2) is 0 Å². The van der Waals surface area contributed by atoms with Crippen molar-refractivity contribution in [3.8, 4) is 11.5 Å². The van der Waals surface area contributed by atoms with E-state index in [0.717, 1.165) is 6.07 Å². The van der Waals surface area contributed by atoms with Crippen LogP contribution in [-0.2, 0) is 4.79 Å². The minimum Gasteiger partial charge on any atom is -0.508 e. The second-order valence-corrected chi connectivity index (χ2v) is 3.85. The summed E-state index contributed by atoms with van der Waals surface area (Å²) in [5.41, 5.74) is -0.0877. The predicted octanol–water partition coefficient (Wildman–Crippen LogP) is 0.938. The fraction of sp³-hybridized carbons (Fsp3) is 0.333. The summed E-state index contributed by atoms with van der Waals surface area (Å²) in [6, 6.07) is 3.56. The van der Waals surface area contributed by atoms with Crippen LogP contribution in [0.3, 0.4) is 0 Å². The number of carboxylic acids is 1. The number of carbonyl (C=O) groups is 2. The lowest BCUT2D eigenvalue weighted by atomic mass is 10.1. The van der Waals surface area contributed by atoms with Gasteiger partial charge in [0.1, 0.15) is 11.5 Å². The normalized spacial score (nSPS) is 11.8. The molecule has 0 aliphatic carbocycles. The van der Waals surface area contributed by atoms with Gasteiger partial charge in [0, 0.05) is 6.54 Å². The summed E-state index contributed by atoms with van der Waals surface area (Å²) < 4.78 is 0. The van der Waals surface area contributed by atoms with E-state index < -0.39 is 17.8 Å². The molecular formula is C12H15NO5. The molecule has 0 saturated heterocycles. The number of phenolic OH excluding ortho intramolecular Hbond substituents is 2. The number of rotatable bonds is 5. The minimum atomic E-state index is -0.988.